The fourth-order valence-electron chi connectivity index (χ4n) is 2.97. The molecule has 0 radical (unpaired) electrons. The number of carbonyl (C=O) groups excluding carboxylic acids is 1. The second-order valence-corrected chi connectivity index (χ2v) is 9.46. The molecule has 0 aromatic rings. The predicted molar refractivity (Wildman–Crippen MR) is 82.5 cm³/mol. The normalized spacial score (nSPS) is 33.3. The summed E-state index contributed by atoms with van der Waals surface area (Å²) in [5.74, 6) is 1.61. The molecule has 0 aromatic heterocycles. The van der Waals surface area contributed by atoms with Gasteiger partial charge < -0.3 is 10.6 Å². The van der Waals surface area contributed by atoms with E-state index in [1.807, 2.05) is 4.90 Å². The topological polar surface area (TPSA) is 80.5 Å². The zero-order valence-corrected chi connectivity index (χ0v) is 13.6. The highest BCUT2D eigenvalue weighted by Gasteiger charge is 2.31. The van der Waals surface area contributed by atoms with Gasteiger partial charge >= 0.3 is 0 Å². The van der Waals surface area contributed by atoms with Gasteiger partial charge in [0, 0.05) is 24.4 Å². The minimum absolute atomic E-state index is 0.0870. The van der Waals surface area contributed by atoms with Crippen LogP contribution in [-0.2, 0) is 14.6 Å². The number of hydrogen-bond donors (Lipinski definition) is 1. The Morgan fingerprint density at radius 3 is 2.75 bits per heavy atom. The second kappa shape index (κ2) is 6.66. The summed E-state index contributed by atoms with van der Waals surface area (Å²) in [7, 11) is -2.86. The van der Waals surface area contributed by atoms with Gasteiger partial charge in [-0.2, -0.15) is 0 Å². The number of sulfone groups is 1. The van der Waals surface area contributed by atoms with Crippen molar-refractivity contribution in [2.75, 3.05) is 30.3 Å². The van der Waals surface area contributed by atoms with Gasteiger partial charge in [-0.05, 0) is 25.2 Å². The highest BCUT2D eigenvalue weighted by molar-refractivity contribution is 8.02. The van der Waals surface area contributed by atoms with Gasteiger partial charge in [-0.25, -0.2) is 8.42 Å². The standard InChI is InChI=1S/C13H24N2O3S2/c1-10-2-4-15(11(6-10)7-14)13(16)8-19-12-3-5-20(17,18)9-12/h10-12H,2-9,14H2,1H3. The minimum atomic E-state index is -2.86. The van der Waals surface area contributed by atoms with E-state index in [0.717, 1.165) is 19.4 Å². The summed E-state index contributed by atoms with van der Waals surface area (Å²) in [6.45, 7) is 3.49. The zero-order chi connectivity index (χ0) is 14.8. The molecule has 2 fully saturated rings. The van der Waals surface area contributed by atoms with Gasteiger partial charge in [-0.1, -0.05) is 6.92 Å². The van der Waals surface area contributed by atoms with Gasteiger partial charge in [0.05, 0.1) is 17.3 Å². The molecule has 2 aliphatic heterocycles. The molecule has 0 saturated carbocycles. The van der Waals surface area contributed by atoms with Crippen LogP contribution in [0.2, 0.25) is 0 Å². The maximum Gasteiger partial charge on any atom is 0.232 e. The summed E-state index contributed by atoms with van der Waals surface area (Å²) in [5, 5.41) is 0.0870. The van der Waals surface area contributed by atoms with E-state index in [1.165, 1.54) is 11.8 Å². The van der Waals surface area contributed by atoms with Crippen molar-refractivity contribution in [2.24, 2.45) is 11.7 Å². The quantitative estimate of drug-likeness (QED) is 0.815. The average Bonchev–Trinajstić information content (AvgIpc) is 2.75. The molecule has 0 aliphatic carbocycles. The summed E-state index contributed by atoms with van der Waals surface area (Å²) in [6, 6.07) is 0.152. The van der Waals surface area contributed by atoms with Crippen molar-refractivity contribution in [3.8, 4) is 0 Å². The summed E-state index contributed by atoms with van der Waals surface area (Å²) in [6.07, 6.45) is 2.69. The number of piperidine rings is 1. The maximum absolute atomic E-state index is 12.3. The third-order valence-electron chi connectivity index (χ3n) is 4.20. The Morgan fingerprint density at radius 1 is 1.40 bits per heavy atom. The van der Waals surface area contributed by atoms with Crippen LogP contribution in [0, 0.1) is 5.92 Å². The first-order valence-electron chi connectivity index (χ1n) is 7.23. The molecule has 0 spiro atoms. The van der Waals surface area contributed by atoms with Crippen molar-refractivity contribution in [3.63, 3.8) is 0 Å². The monoisotopic (exact) mass is 320 g/mol. The number of nitrogens with zero attached hydrogens (tertiary/aromatic N) is 1. The number of amides is 1. The van der Waals surface area contributed by atoms with Crippen molar-refractivity contribution < 1.29 is 13.2 Å². The number of hydrogen-bond acceptors (Lipinski definition) is 5. The highest BCUT2D eigenvalue weighted by Crippen LogP contribution is 2.26. The first kappa shape index (κ1) is 16.1. The smallest absolute Gasteiger partial charge is 0.232 e. The average molecular weight is 320 g/mol. The van der Waals surface area contributed by atoms with E-state index in [1.54, 1.807) is 0 Å². The van der Waals surface area contributed by atoms with Gasteiger partial charge in [-0.3, -0.25) is 4.79 Å². The molecule has 2 saturated heterocycles. The van der Waals surface area contributed by atoms with Gasteiger partial charge in [0.2, 0.25) is 5.91 Å². The molecular formula is C13H24N2O3S2. The lowest BCUT2D eigenvalue weighted by molar-refractivity contribution is -0.132. The Labute approximate surface area is 125 Å². The molecule has 20 heavy (non-hydrogen) atoms. The van der Waals surface area contributed by atoms with Crippen molar-refractivity contribution in [1.82, 2.24) is 4.90 Å². The molecular weight excluding hydrogens is 296 g/mol. The Balaban J connectivity index is 1.82. The number of rotatable bonds is 4. The third-order valence-corrected chi connectivity index (χ3v) is 7.47. The maximum atomic E-state index is 12.3. The molecule has 3 atom stereocenters. The summed E-state index contributed by atoms with van der Waals surface area (Å²) >= 11 is 1.49. The summed E-state index contributed by atoms with van der Waals surface area (Å²) in [4.78, 5) is 14.2. The minimum Gasteiger partial charge on any atom is -0.338 e. The fourth-order valence-corrected chi connectivity index (χ4v) is 6.50. The van der Waals surface area contributed by atoms with Crippen LogP contribution in [0.4, 0.5) is 0 Å². The fraction of sp³-hybridized carbons (Fsp3) is 0.923. The lowest BCUT2D eigenvalue weighted by Gasteiger charge is -2.38. The Hall–Kier alpha value is -0.270. The van der Waals surface area contributed by atoms with Gasteiger partial charge in [0.1, 0.15) is 0 Å². The third kappa shape index (κ3) is 4.11. The van der Waals surface area contributed by atoms with E-state index >= 15 is 0 Å². The van der Waals surface area contributed by atoms with E-state index in [2.05, 4.69) is 6.92 Å². The Kier molecular flexibility index (Phi) is 5.36. The molecule has 0 bridgehead atoms. The molecule has 3 unspecified atom stereocenters. The van der Waals surface area contributed by atoms with Gasteiger partial charge in [-0.15, -0.1) is 11.8 Å². The van der Waals surface area contributed by atoms with Crippen LogP contribution in [0.1, 0.15) is 26.2 Å². The molecule has 0 aromatic carbocycles. The number of carbonyl (C=O) groups is 1. The van der Waals surface area contributed by atoms with Crippen LogP contribution >= 0.6 is 11.8 Å². The SMILES string of the molecule is CC1CCN(C(=O)CSC2CCS(=O)(=O)C2)C(CN)C1. The van der Waals surface area contributed by atoms with Crippen LogP contribution in [-0.4, -0.2) is 60.9 Å². The molecule has 116 valence electrons. The highest BCUT2D eigenvalue weighted by atomic mass is 32.2. The van der Waals surface area contributed by atoms with Crippen molar-refractivity contribution >= 4 is 27.5 Å². The lowest BCUT2D eigenvalue weighted by atomic mass is 9.92. The molecule has 5 nitrogen and oxygen atoms in total. The van der Waals surface area contributed by atoms with Crippen molar-refractivity contribution in [2.45, 2.75) is 37.5 Å². The first-order chi connectivity index (χ1) is 9.41. The van der Waals surface area contributed by atoms with E-state index in [9.17, 15) is 13.2 Å². The number of likely N-dealkylation sites (tertiary alicyclic amines) is 1. The largest absolute Gasteiger partial charge is 0.338 e. The number of thioether (sulfide) groups is 1. The predicted octanol–water partition coefficient (Wildman–Crippen LogP) is 0.493. The van der Waals surface area contributed by atoms with Crippen LogP contribution in [0.25, 0.3) is 0 Å². The molecule has 2 aliphatic rings. The molecule has 7 heteroatoms. The van der Waals surface area contributed by atoms with Gasteiger partial charge in [0.15, 0.2) is 9.84 Å². The van der Waals surface area contributed by atoms with E-state index in [-0.39, 0.29) is 28.7 Å². The van der Waals surface area contributed by atoms with E-state index in [0.29, 0.717) is 24.6 Å². The van der Waals surface area contributed by atoms with Crippen molar-refractivity contribution in [1.29, 1.82) is 0 Å². The Morgan fingerprint density at radius 2 is 2.15 bits per heavy atom. The first-order valence-corrected chi connectivity index (χ1v) is 10.1. The number of nitrogens with two attached hydrogens (primary N) is 1. The van der Waals surface area contributed by atoms with Crippen LogP contribution in [0.5, 0.6) is 0 Å². The van der Waals surface area contributed by atoms with Crippen LogP contribution in [0.3, 0.4) is 0 Å². The van der Waals surface area contributed by atoms with Crippen LogP contribution < -0.4 is 5.73 Å². The van der Waals surface area contributed by atoms with Gasteiger partial charge in [0.25, 0.3) is 0 Å². The summed E-state index contributed by atoms with van der Waals surface area (Å²) in [5.41, 5.74) is 5.77. The zero-order valence-electron chi connectivity index (χ0n) is 12.0. The molecule has 2 heterocycles. The lowest BCUT2D eigenvalue weighted by Crippen LogP contribution is -2.50. The van der Waals surface area contributed by atoms with Crippen LogP contribution in [0.15, 0.2) is 0 Å². The second-order valence-electron chi connectivity index (χ2n) is 5.94. The molecule has 1 amide bonds. The van der Waals surface area contributed by atoms with E-state index < -0.39 is 9.84 Å². The summed E-state index contributed by atoms with van der Waals surface area (Å²) < 4.78 is 22.8. The van der Waals surface area contributed by atoms with E-state index in [4.69, 9.17) is 5.73 Å². The Bertz CT molecular complexity index is 453. The van der Waals surface area contributed by atoms with Crippen molar-refractivity contribution in [3.05, 3.63) is 0 Å². The molecule has 2 rings (SSSR count). The molecule has 2 N–H and O–H groups in total.